The molecule has 1 heterocycles. The minimum absolute atomic E-state index is 0.0713. The zero-order valence-electron chi connectivity index (χ0n) is 12.2. The molecular weight excluding hydrogens is 309 g/mol. The molecule has 1 saturated heterocycles. The maximum absolute atomic E-state index is 12.1. The maximum atomic E-state index is 12.1. The smallest absolute Gasteiger partial charge is 0.237 e. The van der Waals surface area contributed by atoms with Gasteiger partial charge in [0, 0.05) is 42.8 Å². The Morgan fingerprint density at radius 1 is 1.38 bits per heavy atom. The van der Waals surface area contributed by atoms with Crippen molar-refractivity contribution in [2.75, 3.05) is 32.7 Å². The van der Waals surface area contributed by atoms with Gasteiger partial charge in [0.2, 0.25) is 5.91 Å². The average molecular weight is 330 g/mol. The second-order valence-corrected chi connectivity index (χ2v) is 6.08. The summed E-state index contributed by atoms with van der Waals surface area (Å²) < 4.78 is 0. The number of carbonyl (C=O) groups is 1. The molecule has 0 saturated carbocycles. The fourth-order valence-corrected chi connectivity index (χ4v) is 2.93. The summed E-state index contributed by atoms with van der Waals surface area (Å²) in [4.78, 5) is 14.3. The van der Waals surface area contributed by atoms with Gasteiger partial charge in [-0.15, -0.1) is 0 Å². The zero-order chi connectivity index (χ0) is 15.2. The van der Waals surface area contributed by atoms with E-state index in [1.165, 1.54) is 0 Å². The van der Waals surface area contributed by atoms with Gasteiger partial charge in [-0.1, -0.05) is 29.3 Å². The van der Waals surface area contributed by atoms with Crippen LogP contribution in [0.3, 0.4) is 0 Å². The lowest BCUT2D eigenvalue weighted by Crippen LogP contribution is -2.52. The van der Waals surface area contributed by atoms with Crippen LogP contribution in [0.2, 0.25) is 10.0 Å². The van der Waals surface area contributed by atoms with Crippen molar-refractivity contribution >= 4 is 29.1 Å². The van der Waals surface area contributed by atoms with Gasteiger partial charge in [0.05, 0.1) is 6.04 Å². The molecule has 0 aromatic heterocycles. The summed E-state index contributed by atoms with van der Waals surface area (Å²) >= 11 is 12.0. The van der Waals surface area contributed by atoms with Crippen LogP contribution in [-0.2, 0) is 11.2 Å². The highest BCUT2D eigenvalue weighted by atomic mass is 35.5. The van der Waals surface area contributed by atoms with Crippen LogP contribution in [0.5, 0.6) is 0 Å². The van der Waals surface area contributed by atoms with Crippen molar-refractivity contribution in [3.8, 4) is 0 Å². The molecule has 4 nitrogen and oxygen atoms in total. The van der Waals surface area contributed by atoms with E-state index in [-0.39, 0.29) is 11.9 Å². The minimum atomic E-state index is -0.0900. The maximum Gasteiger partial charge on any atom is 0.237 e. The van der Waals surface area contributed by atoms with Gasteiger partial charge in [0.15, 0.2) is 0 Å². The summed E-state index contributed by atoms with van der Waals surface area (Å²) in [5.74, 6) is 0.0713. The molecule has 21 heavy (non-hydrogen) atoms. The standard InChI is InChI=1S/C15H21Cl2N3O/c1-11(20-8-6-18-7-9-20)15(21)19-5-4-12-2-3-13(16)10-14(12)17/h2-3,10-11,18H,4-9H2,1H3,(H,19,21). The quantitative estimate of drug-likeness (QED) is 0.867. The van der Waals surface area contributed by atoms with E-state index in [0.717, 1.165) is 31.7 Å². The van der Waals surface area contributed by atoms with Gasteiger partial charge in [-0.2, -0.15) is 0 Å². The van der Waals surface area contributed by atoms with Gasteiger partial charge < -0.3 is 10.6 Å². The molecule has 1 aromatic carbocycles. The van der Waals surface area contributed by atoms with E-state index >= 15 is 0 Å². The number of nitrogens with zero attached hydrogens (tertiary/aromatic N) is 1. The molecule has 6 heteroatoms. The molecule has 1 atom stereocenters. The number of amides is 1. The Kier molecular flexibility index (Phi) is 6.30. The average Bonchev–Trinajstić information content (AvgIpc) is 2.49. The van der Waals surface area contributed by atoms with Crippen molar-refractivity contribution in [2.45, 2.75) is 19.4 Å². The third-order valence-corrected chi connectivity index (χ3v) is 4.37. The molecule has 1 aliphatic rings. The van der Waals surface area contributed by atoms with Gasteiger partial charge in [-0.25, -0.2) is 0 Å². The molecule has 1 fully saturated rings. The first kappa shape index (κ1) is 16.6. The Labute approximate surface area is 135 Å². The van der Waals surface area contributed by atoms with Gasteiger partial charge in [-0.05, 0) is 31.0 Å². The van der Waals surface area contributed by atoms with Crippen LogP contribution in [0.25, 0.3) is 0 Å². The summed E-state index contributed by atoms with van der Waals surface area (Å²) in [5.41, 5.74) is 0.996. The first-order valence-electron chi connectivity index (χ1n) is 7.24. The molecule has 116 valence electrons. The molecule has 2 N–H and O–H groups in total. The Morgan fingerprint density at radius 2 is 2.10 bits per heavy atom. The number of rotatable bonds is 5. The van der Waals surface area contributed by atoms with Crippen LogP contribution in [-0.4, -0.2) is 49.6 Å². The van der Waals surface area contributed by atoms with E-state index in [4.69, 9.17) is 23.2 Å². The number of hydrogen-bond donors (Lipinski definition) is 2. The predicted molar refractivity (Wildman–Crippen MR) is 87.1 cm³/mol. The predicted octanol–water partition coefficient (Wildman–Crippen LogP) is 1.95. The van der Waals surface area contributed by atoms with E-state index < -0.39 is 0 Å². The van der Waals surface area contributed by atoms with Crippen molar-refractivity contribution in [1.82, 2.24) is 15.5 Å². The highest BCUT2D eigenvalue weighted by Gasteiger charge is 2.22. The lowest BCUT2D eigenvalue weighted by molar-refractivity contribution is -0.126. The molecule has 0 aliphatic carbocycles. The Hall–Kier alpha value is -0.810. The molecule has 0 bridgehead atoms. The topological polar surface area (TPSA) is 44.4 Å². The van der Waals surface area contributed by atoms with Crippen LogP contribution in [0.15, 0.2) is 18.2 Å². The van der Waals surface area contributed by atoms with Crippen LogP contribution >= 0.6 is 23.2 Å². The molecule has 1 aliphatic heterocycles. The Morgan fingerprint density at radius 3 is 2.76 bits per heavy atom. The molecule has 0 radical (unpaired) electrons. The number of piperazine rings is 1. The highest BCUT2D eigenvalue weighted by Crippen LogP contribution is 2.21. The molecule has 1 unspecified atom stereocenters. The minimum Gasteiger partial charge on any atom is -0.354 e. The van der Waals surface area contributed by atoms with Crippen molar-refractivity contribution in [3.05, 3.63) is 33.8 Å². The summed E-state index contributed by atoms with van der Waals surface area (Å²) in [7, 11) is 0. The van der Waals surface area contributed by atoms with E-state index in [9.17, 15) is 4.79 Å². The summed E-state index contributed by atoms with van der Waals surface area (Å²) in [6.45, 7) is 6.25. The van der Waals surface area contributed by atoms with Crippen LogP contribution in [0.1, 0.15) is 12.5 Å². The van der Waals surface area contributed by atoms with Crippen molar-refractivity contribution in [2.24, 2.45) is 0 Å². The van der Waals surface area contributed by atoms with E-state index in [1.807, 2.05) is 19.1 Å². The first-order valence-corrected chi connectivity index (χ1v) is 8.00. The van der Waals surface area contributed by atoms with Gasteiger partial charge >= 0.3 is 0 Å². The van der Waals surface area contributed by atoms with Crippen molar-refractivity contribution in [1.29, 1.82) is 0 Å². The third-order valence-electron chi connectivity index (χ3n) is 3.79. The molecule has 1 aromatic rings. The normalized spacial score (nSPS) is 17.5. The Bertz CT molecular complexity index is 490. The van der Waals surface area contributed by atoms with E-state index in [1.54, 1.807) is 6.07 Å². The molecule has 0 spiro atoms. The zero-order valence-corrected chi connectivity index (χ0v) is 13.7. The summed E-state index contributed by atoms with van der Waals surface area (Å²) in [5, 5.41) is 7.53. The van der Waals surface area contributed by atoms with Gasteiger partial charge in [-0.3, -0.25) is 9.69 Å². The van der Waals surface area contributed by atoms with Gasteiger partial charge in [0.1, 0.15) is 0 Å². The first-order chi connectivity index (χ1) is 10.1. The second kappa shape index (κ2) is 7.99. The monoisotopic (exact) mass is 329 g/mol. The molecular formula is C15H21Cl2N3O. The van der Waals surface area contributed by atoms with E-state index in [0.29, 0.717) is 23.0 Å². The largest absolute Gasteiger partial charge is 0.354 e. The van der Waals surface area contributed by atoms with Crippen molar-refractivity contribution in [3.63, 3.8) is 0 Å². The summed E-state index contributed by atoms with van der Waals surface area (Å²) in [6, 6.07) is 5.35. The van der Waals surface area contributed by atoms with Gasteiger partial charge in [0.25, 0.3) is 0 Å². The Balaban J connectivity index is 1.78. The number of benzene rings is 1. The number of halogens is 2. The molecule has 2 rings (SSSR count). The van der Waals surface area contributed by atoms with Crippen LogP contribution in [0.4, 0.5) is 0 Å². The number of hydrogen-bond acceptors (Lipinski definition) is 3. The fraction of sp³-hybridized carbons (Fsp3) is 0.533. The van der Waals surface area contributed by atoms with E-state index in [2.05, 4.69) is 15.5 Å². The summed E-state index contributed by atoms with van der Waals surface area (Å²) in [6.07, 6.45) is 0.704. The SMILES string of the molecule is CC(C(=O)NCCc1ccc(Cl)cc1Cl)N1CCNCC1. The van der Waals surface area contributed by atoms with Crippen molar-refractivity contribution < 1.29 is 4.79 Å². The highest BCUT2D eigenvalue weighted by molar-refractivity contribution is 6.35. The number of nitrogens with one attached hydrogen (secondary N) is 2. The van der Waals surface area contributed by atoms with Crippen LogP contribution in [0, 0.1) is 0 Å². The second-order valence-electron chi connectivity index (χ2n) is 5.24. The lowest BCUT2D eigenvalue weighted by Gasteiger charge is -2.31. The third kappa shape index (κ3) is 4.85. The van der Waals surface area contributed by atoms with Crippen LogP contribution < -0.4 is 10.6 Å². The molecule has 1 amide bonds. The fourth-order valence-electron chi connectivity index (χ4n) is 2.43. The lowest BCUT2D eigenvalue weighted by atomic mass is 10.1. The number of carbonyl (C=O) groups excluding carboxylic acids is 1.